The Bertz CT molecular complexity index is 598. The van der Waals surface area contributed by atoms with Crippen molar-refractivity contribution in [2.24, 2.45) is 5.92 Å². The number of hydrogen-bond acceptors (Lipinski definition) is 4. The molecular weight excluding hydrogens is 296 g/mol. The van der Waals surface area contributed by atoms with Gasteiger partial charge in [-0.3, -0.25) is 4.79 Å². The van der Waals surface area contributed by atoms with E-state index >= 15 is 0 Å². The van der Waals surface area contributed by atoms with Gasteiger partial charge in [0, 0.05) is 19.3 Å². The van der Waals surface area contributed by atoms with Crippen LogP contribution in [-0.2, 0) is 14.3 Å². The number of piperidine rings is 1. The largest absolute Gasteiger partial charge is 0.469 e. The van der Waals surface area contributed by atoms with E-state index in [-0.39, 0.29) is 23.9 Å². The van der Waals surface area contributed by atoms with Gasteiger partial charge in [0.2, 0.25) is 0 Å². The fourth-order valence-electron chi connectivity index (χ4n) is 4.06. The molecule has 5 atom stereocenters. The summed E-state index contributed by atoms with van der Waals surface area (Å²) in [7, 11) is 3.52. The van der Waals surface area contributed by atoms with Crippen LogP contribution in [0, 0.1) is 12.8 Å². The topological polar surface area (TPSA) is 57.0 Å². The molecule has 4 unspecified atom stereocenters. The Labute approximate surface area is 136 Å². The molecule has 1 aromatic carbocycles. The second-order valence-corrected chi connectivity index (χ2v) is 6.72. The molecule has 0 amide bonds. The minimum Gasteiger partial charge on any atom is -0.469 e. The highest BCUT2D eigenvalue weighted by Crippen LogP contribution is 2.31. The lowest BCUT2D eigenvalue weighted by molar-refractivity contribution is -0.926. The number of carbonyl (C=O) groups is 2. The van der Waals surface area contributed by atoms with Gasteiger partial charge in [0.1, 0.15) is 18.1 Å². The van der Waals surface area contributed by atoms with Crippen LogP contribution in [0.4, 0.5) is 0 Å². The highest BCUT2D eigenvalue weighted by atomic mass is 16.6. The van der Waals surface area contributed by atoms with Gasteiger partial charge in [-0.15, -0.1) is 0 Å². The van der Waals surface area contributed by atoms with E-state index in [0.717, 1.165) is 24.8 Å². The van der Waals surface area contributed by atoms with Gasteiger partial charge in [-0.25, -0.2) is 4.79 Å². The maximum absolute atomic E-state index is 12.4. The number of nitrogens with one attached hydrogen (secondary N) is 1. The molecule has 2 bridgehead atoms. The van der Waals surface area contributed by atoms with Gasteiger partial charge in [0.05, 0.1) is 25.8 Å². The zero-order valence-electron chi connectivity index (χ0n) is 13.9. The highest BCUT2D eigenvalue weighted by molar-refractivity contribution is 5.89. The third-order valence-electron chi connectivity index (χ3n) is 5.42. The lowest BCUT2D eigenvalue weighted by Gasteiger charge is -2.38. The number of methoxy groups -OCH3 is 1. The Kier molecular flexibility index (Phi) is 4.39. The lowest BCUT2D eigenvalue weighted by Crippen LogP contribution is -3.16. The summed E-state index contributed by atoms with van der Waals surface area (Å²) in [5.41, 5.74) is 1.62. The highest BCUT2D eigenvalue weighted by Gasteiger charge is 2.54. The van der Waals surface area contributed by atoms with Gasteiger partial charge in [-0.05, 0) is 19.1 Å². The van der Waals surface area contributed by atoms with Gasteiger partial charge in [0.25, 0.3) is 0 Å². The van der Waals surface area contributed by atoms with Crippen molar-refractivity contribution in [3.8, 4) is 0 Å². The third kappa shape index (κ3) is 2.98. The molecule has 2 saturated heterocycles. The Morgan fingerprint density at radius 1 is 1.22 bits per heavy atom. The molecule has 1 N–H and O–H groups in total. The summed E-state index contributed by atoms with van der Waals surface area (Å²) in [6, 6.07) is 7.93. The summed E-state index contributed by atoms with van der Waals surface area (Å²) in [6.07, 6.45) is 2.38. The zero-order valence-corrected chi connectivity index (χ0v) is 13.9. The Hall–Kier alpha value is -1.88. The number of rotatable bonds is 3. The first-order valence-electron chi connectivity index (χ1n) is 8.20. The predicted molar refractivity (Wildman–Crippen MR) is 84.2 cm³/mol. The number of aryl methyl sites for hydroxylation is 1. The first-order valence-corrected chi connectivity index (χ1v) is 8.20. The molecule has 0 aliphatic carbocycles. The fraction of sp³-hybridized carbons (Fsp3) is 0.556. The first-order chi connectivity index (χ1) is 11.0. The average Bonchev–Trinajstić information content (AvgIpc) is 2.78. The van der Waals surface area contributed by atoms with Crippen LogP contribution in [0.1, 0.15) is 35.2 Å². The van der Waals surface area contributed by atoms with Crippen molar-refractivity contribution in [2.75, 3.05) is 14.2 Å². The van der Waals surface area contributed by atoms with E-state index in [2.05, 4.69) is 7.05 Å². The number of benzene rings is 1. The Morgan fingerprint density at radius 3 is 2.57 bits per heavy atom. The predicted octanol–water partition coefficient (Wildman–Crippen LogP) is 0.759. The molecule has 3 rings (SSSR count). The minimum absolute atomic E-state index is 0.178. The molecule has 23 heavy (non-hydrogen) atoms. The van der Waals surface area contributed by atoms with Crippen molar-refractivity contribution in [3.63, 3.8) is 0 Å². The molecular formula is C18H24NO4+. The number of quaternary nitrogens is 1. The van der Waals surface area contributed by atoms with Crippen molar-refractivity contribution < 1.29 is 24.0 Å². The molecule has 2 heterocycles. The third-order valence-corrected chi connectivity index (χ3v) is 5.42. The van der Waals surface area contributed by atoms with Gasteiger partial charge in [0.15, 0.2) is 0 Å². The second-order valence-electron chi connectivity index (χ2n) is 6.72. The molecule has 0 spiro atoms. The summed E-state index contributed by atoms with van der Waals surface area (Å²) in [6.45, 7) is 1.97. The summed E-state index contributed by atoms with van der Waals surface area (Å²) >= 11 is 0. The van der Waals surface area contributed by atoms with Crippen LogP contribution in [0.15, 0.2) is 24.3 Å². The van der Waals surface area contributed by atoms with E-state index < -0.39 is 6.10 Å². The fourth-order valence-corrected chi connectivity index (χ4v) is 4.06. The number of fused-ring (bicyclic) bond motifs is 2. The maximum atomic E-state index is 12.4. The van der Waals surface area contributed by atoms with Crippen LogP contribution in [0.25, 0.3) is 0 Å². The van der Waals surface area contributed by atoms with Crippen molar-refractivity contribution in [2.45, 2.75) is 44.4 Å². The molecule has 1 aromatic rings. The molecule has 0 aromatic heterocycles. The molecule has 5 nitrogen and oxygen atoms in total. The summed E-state index contributed by atoms with van der Waals surface area (Å²) < 4.78 is 10.7. The number of ether oxygens (including phenoxy) is 2. The van der Waals surface area contributed by atoms with E-state index in [1.165, 1.54) is 12.0 Å². The van der Waals surface area contributed by atoms with Gasteiger partial charge in [-0.1, -0.05) is 17.7 Å². The maximum Gasteiger partial charge on any atom is 0.338 e. The number of carbonyl (C=O) groups excluding carboxylic acids is 2. The second kappa shape index (κ2) is 6.32. The summed E-state index contributed by atoms with van der Waals surface area (Å²) in [5.74, 6) is -0.993. The van der Waals surface area contributed by atoms with E-state index in [0.29, 0.717) is 11.6 Å². The van der Waals surface area contributed by atoms with Crippen LogP contribution in [0.3, 0.4) is 0 Å². The standard InChI is InChI=1S/C18H23NO4/c1-11-4-6-12(7-5-11)17(20)23-15-10-13-8-9-14(19(13)2)16(15)18(21)22-3/h4-7,13-16H,8-10H2,1-3H3/p+1/t13?,14?,15?,16-/m1/s1/i1+2. The van der Waals surface area contributed by atoms with Crippen molar-refractivity contribution >= 4 is 11.9 Å². The Balaban J connectivity index is 1.78. The molecule has 2 aliphatic heterocycles. The number of esters is 2. The molecule has 2 fully saturated rings. The molecule has 5 heteroatoms. The monoisotopic (exact) mass is 320 g/mol. The van der Waals surface area contributed by atoms with Crippen LogP contribution in [0.5, 0.6) is 0 Å². The van der Waals surface area contributed by atoms with E-state index in [9.17, 15) is 9.59 Å². The normalized spacial score (nSPS) is 32.4. The van der Waals surface area contributed by atoms with Crippen LogP contribution in [0.2, 0.25) is 0 Å². The van der Waals surface area contributed by atoms with Crippen molar-refractivity contribution in [1.82, 2.24) is 0 Å². The average molecular weight is 320 g/mol. The number of hydrogen-bond donors (Lipinski definition) is 1. The molecule has 0 saturated carbocycles. The minimum atomic E-state index is -0.391. The van der Waals surface area contributed by atoms with Crippen molar-refractivity contribution in [1.29, 1.82) is 0 Å². The van der Waals surface area contributed by atoms with Crippen molar-refractivity contribution in [3.05, 3.63) is 35.4 Å². The Morgan fingerprint density at radius 2 is 1.91 bits per heavy atom. The van der Waals surface area contributed by atoms with Gasteiger partial charge < -0.3 is 14.4 Å². The van der Waals surface area contributed by atoms with E-state index in [4.69, 9.17) is 9.47 Å². The van der Waals surface area contributed by atoms with Gasteiger partial charge in [-0.2, -0.15) is 0 Å². The SMILES string of the molecule is COC(=O)[C@H]1C(OC(=O)c2ccc([14CH3])cc2)CC2CCC1[NH+]2C. The smallest absolute Gasteiger partial charge is 0.338 e. The first kappa shape index (κ1) is 16.0. The molecule has 0 radical (unpaired) electrons. The summed E-state index contributed by atoms with van der Waals surface area (Å²) in [4.78, 5) is 26.0. The van der Waals surface area contributed by atoms with Crippen LogP contribution < -0.4 is 4.90 Å². The molecule has 124 valence electrons. The van der Waals surface area contributed by atoms with Crippen LogP contribution >= 0.6 is 0 Å². The van der Waals surface area contributed by atoms with E-state index in [1.807, 2.05) is 19.1 Å². The van der Waals surface area contributed by atoms with E-state index in [1.54, 1.807) is 12.1 Å². The van der Waals surface area contributed by atoms with Gasteiger partial charge >= 0.3 is 11.9 Å². The van der Waals surface area contributed by atoms with Crippen LogP contribution in [-0.4, -0.2) is 44.3 Å². The summed E-state index contributed by atoms with van der Waals surface area (Å²) in [5, 5.41) is 0. The lowest BCUT2D eigenvalue weighted by atomic mass is 9.87. The molecule has 2 aliphatic rings. The zero-order chi connectivity index (χ0) is 16.6. The quantitative estimate of drug-likeness (QED) is 0.836.